The van der Waals surface area contributed by atoms with Gasteiger partial charge in [0, 0.05) is 23.9 Å². The number of nitrogens with one attached hydrogen (secondary N) is 2. The zero-order chi connectivity index (χ0) is 17.3. The summed E-state index contributed by atoms with van der Waals surface area (Å²) in [7, 11) is 0. The van der Waals surface area contributed by atoms with E-state index >= 15 is 0 Å². The van der Waals surface area contributed by atoms with Crippen LogP contribution in [0.3, 0.4) is 0 Å². The topological polar surface area (TPSA) is 91.9 Å². The highest BCUT2D eigenvalue weighted by Gasteiger charge is 2.32. The van der Waals surface area contributed by atoms with E-state index in [1.54, 1.807) is 18.3 Å². The van der Waals surface area contributed by atoms with E-state index < -0.39 is 11.5 Å². The molecule has 2 N–H and O–H groups in total. The lowest BCUT2D eigenvalue weighted by atomic mass is 9.75. The minimum Gasteiger partial charge on any atom is -0.346 e. The summed E-state index contributed by atoms with van der Waals surface area (Å²) in [5, 5.41) is 2.66. The molecule has 0 spiro atoms. The molecule has 3 rings (SSSR count). The largest absolute Gasteiger partial charge is 0.346 e. The molecule has 0 atom stereocenters. The minimum atomic E-state index is -0.512. The van der Waals surface area contributed by atoms with Gasteiger partial charge in [-0.2, -0.15) is 0 Å². The number of rotatable bonds is 3. The number of aromatic nitrogens is 2. The van der Waals surface area contributed by atoms with E-state index in [9.17, 15) is 14.4 Å². The van der Waals surface area contributed by atoms with Gasteiger partial charge in [-0.05, 0) is 30.0 Å². The minimum absolute atomic E-state index is 0.0438. The number of pyridine rings is 2. The monoisotopic (exact) mass is 325 g/mol. The number of fused-ring (bicyclic) bond motifs is 1. The fourth-order valence-corrected chi connectivity index (χ4v) is 2.97. The Hall–Kier alpha value is -2.76. The molecule has 1 aliphatic carbocycles. The number of ketones is 1. The maximum atomic E-state index is 12.3. The van der Waals surface area contributed by atoms with Crippen molar-refractivity contribution in [3.63, 3.8) is 0 Å². The first kappa shape index (κ1) is 16.1. The number of amides is 1. The standard InChI is InChI=1S/C18H19N3O3/c1-18(2)8-14-12(15(22)9-18)7-13(17(24)21-14)16(23)20-10-11-5-3-4-6-19-11/h3-7H,8-10H2,1-2H3,(H,20,23)(H,21,24). The molecule has 0 saturated carbocycles. The third-order valence-electron chi connectivity index (χ3n) is 4.12. The van der Waals surface area contributed by atoms with Crippen molar-refractivity contribution in [3.05, 3.63) is 63.3 Å². The molecule has 6 nitrogen and oxygen atoms in total. The number of nitrogens with zero attached hydrogens (tertiary/aromatic N) is 1. The van der Waals surface area contributed by atoms with E-state index in [0.717, 1.165) is 0 Å². The van der Waals surface area contributed by atoms with E-state index in [2.05, 4.69) is 15.3 Å². The summed E-state index contributed by atoms with van der Waals surface area (Å²) < 4.78 is 0. The number of hydrogen-bond acceptors (Lipinski definition) is 4. The molecule has 1 aliphatic rings. The molecule has 2 aromatic heterocycles. The van der Waals surface area contributed by atoms with Crippen LogP contribution in [0, 0.1) is 5.41 Å². The number of H-pyrrole nitrogens is 1. The Morgan fingerprint density at radius 2 is 2.08 bits per heavy atom. The SMILES string of the molecule is CC1(C)CC(=O)c2cc(C(=O)NCc3ccccn3)c(=O)[nH]c2C1. The Morgan fingerprint density at radius 1 is 1.29 bits per heavy atom. The van der Waals surface area contributed by atoms with Gasteiger partial charge in [-0.15, -0.1) is 0 Å². The van der Waals surface area contributed by atoms with Crippen LogP contribution in [0.2, 0.25) is 0 Å². The van der Waals surface area contributed by atoms with Crippen molar-refractivity contribution in [1.82, 2.24) is 15.3 Å². The van der Waals surface area contributed by atoms with Crippen molar-refractivity contribution in [2.45, 2.75) is 33.2 Å². The van der Waals surface area contributed by atoms with E-state index in [1.165, 1.54) is 6.07 Å². The molecular formula is C18H19N3O3. The van der Waals surface area contributed by atoms with Gasteiger partial charge in [0.2, 0.25) is 0 Å². The zero-order valence-corrected chi connectivity index (χ0v) is 13.7. The van der Waals surface area contributed by atoms with Crippen LogP contribution in [-0.4, -0.2) is 21.7 Å². The quantitative estimate of drug-likeness (QED) is 0.901. The number of carbonyl (C=O) groups excluding carboxylic acids is 2. The fraction of sp³-hybridized carbons (Fsp3) is 0.333. The molecular weight excluding hydrogens is 306 g/mol. The third-order valence-corrected chi connectivity index (χ3v) is 4.12. The molecule has 0 bridgehead atoms. The normalized spacial score (nSPS) is 15.7. The summed E-state index contributed by atoms with van der Waals surface area (Å²) in [5.74, 6) is -0.557. The first-order chi connectivity index (χ1) is 11.4. The third kappa shape index (κ3) is 3.27. The molecule has 124 valence electrons. The van der Waals surface area contributed by atoms with Crippen LogP contribution in [0.1, 0.15) is 52.4 Å². The highest BCUT2D eigenvalue weighted by atomic mass is 16.2. The molecule has 2 heterocycles. The first-order valence-corrected chi connectivity index (χ1v) is 7.83. The number of carbonyl (C=O) groups is 2. The van der Waals surface area contributed by atoms with E-state index in [-0.39, 0.29) is 23.3 Å². The van der Waals surface area contributed by atoms with Crippen LogP contribution in [0.15, 0.2) is 35.3 Å². The van der Waals surface area contributed by atoms with Gasteiger partial charge in [0.15, 0.2) is 5.78 Å². The van der Waals surface area contributed by atoms with Gasteiger partial charge in [0.05, 0.1) is 12.2 Å². The average molecular weight is 325 g/mol. The van der Waals surface area contributed by atoms with Crippen molar-refractivity contribution in [2.24, 2.45) is 5.41 Å². The highest BCUT2D eigenvalue weighted by Crippen LogP contribution is 2.33. The highest BCUT2D eigenvalue weighted by molar-refractivity contribution is 6.02. The lowest BCUT2D eigenvalue weighted by molar-refractivity contribution is 0.0910. The predicted octanol–water partition coefficient (Wildman–Crippen LogP) is 1.85. The van der Waals surface area contributed by atoms with Crippen LogP contribution in [0.25, 0.3) is 0 Å². The van der Waals surface area contributed by atoms with Gasteiger partial charge < -0.3 is 10.3 Å². The Kier molecular flexibility index (Phi) is 4.05. The summed E-state index contributed by atoms with van der Waals surface area (Å²) in [5.41, 5.74) is 1.04. The van der Waals surface area contributed by atoms with Gasteiger partial charge in [-0.25, -0.2) is 0 Å². The molecule has 6 heteroatoms. The van der Waals surface area contributed by atoms with E-state index in [0.29, 0.717) is 29.8 Å². The summed E-state index contributed by atoms with van der Waals surface area (Å²) in [4.78, 5) is 43.6. The van der Waals surface area contributed by atoms with Crippen molar-refractivity contribution < 1.29 is 9.59 Å². The second kappa shape index (κ2) is 6.03. The van der Waals surface area contributed by atoms with Gasteiger partial charge in [-0.1, -0.05) is 19.9 Å². The molecule has 0 radical (unpaired) electrons. The maximum Gasteiger partial charge on any atom is 0.261 e. The van der Waals surface area contributed by atoms with Crippen LogP contribution in [0.4, 0.5) is 0 Å². The van der Waals surface area contributed by atoms with Crippen molar-refractivity contribution in [1.29, 1.82) is 0 Å². The summed E-state index contributed by atoms with van der Waals surface area (Å²) in [6.45, 7) is 4.19. The lowest BCUT2D eigenvalue weighted by Crippen LogP contribution is -2.34. The van der Waals surface area contributed by atoms with Gasteiger partial charge in [-0.3, -0.25) is 19.4 Å². The first-order valence-electron chi connectivity index (χ1n) is 7.83. The Morgan fingerprint density at radius 3 is 2.79 bits per heavy atom. The van der Waals surface area contributed by atoms with Crippen LogP contribution in [-0.2, 0) is 13.0 Å². The number of hydrogen-bond donors (Lipinski definition) is 2. The molecule has 2 aromatic rings. The van der Waals surface area contributed by atoms with E-state index in [1.807, 2.05) is 19.9 Å². The molecule has 0 aliphatic heterocycles. The Bertz CT molecular complexity index is 854. The number of Topliss-reactive ketones (excluding diaryl/α,β-unsaturated/α-hetero) is 1. The van der Waals surface area contributed by atoms with Crippen molar-refractivity contribution in [2.75, 3.05) is 0 Å². The Labute approximate surface area is 139 Å². The predicted molar refractivity (Wildman–Crippen MR) is 88.9 cm³/mol. The van der Waals surface area contributed by atoms with Crippen molar-refractivity contribution >= 4 is 11.7 Å². The van der Waals surface area contributed by atoms with Gasteiger partial charge >= 0.3 is 0 Å². The molecule has 24 heavy (non-hydrogen) atoms. The average Bonchev–Trinajstić information content (AvgIpc) is 2.52. The Balaban J connectivity index is 1.84. The summed E-state index contributed by atoms with van der Waals surface area (Å²) in [6, 6.07) is 6.80. The number of aromatic amines is 1. The molecule has 0 unspecified atom stereocenters. The summed E-state index contributed by atoms with van der Waals surface area (Å²) >= 11 is 0. The molecule has 0 aromatic carbocycles. The van der Waals surface area contributed by atoms with Crippen LogP contribution in [0.5, 0.6) is 0 Å². The van der Waals surface area contributed by atoms with Crippen LogP contribution < -0.4 is 10.9 Å². The second-order valence-corrected chi connectivity index (χ2v) is 6.85. The smallest absolute Gasteiger partial charge is 0.261 e. The van der Waals surface area contributed by atoms with Gasteiger partial charge in [0.25, 0.3) is 11.5 Å². The van der Waals surface area contributed by atoms with Crippen LogP contribution >= 0.6 is 0 Å². The molecule has 0 fully saturated rings. The van der Waals surface area contributed by atoms with E-state index in [4.69, 9.17) is 0 Å². The van der Waals surface area contributed by atoms with Gasteiger partial charge in [0.1, 0.15) is 5.56 Å². The molecule has 0 saturated heterocycles. The lowest BCUT2D eigenvalue weighted by Gasteiger charge is -2.29. The summed E-state index contributed by atoms with van der Waals surface area (Å²) in [6.07, 6.45) is 2.65. The molecule has 1 amide bonds. The fourth-order valence-electron chi connectivity index (χ4n) is 2.97. The van der Waals surface area contributed by atoms with Crippen molar-refractivity contribution in [3.8, 4) is 0 Å². The maximum absolute atomic E-state index is 12.3. The zero-order valence-electron chi connectivity index (χ0n) is 13.7. The second-order valence-electron chi connectivity index (χ2n) is 6.85.